The first-order valence-electron chi connectivity index (χ1n) is 12.2. The van der Waals surface area contributed by atoms with E-state index in [1.165, 1.54) is 0 Å². The van der Waals surface area contributed by atoms with Gasteiger partial charge >= 0.3 is 0 Å². The van der Waals surface area contributed by atoms with Crippen molar-refractivity contribution in [1.29, 1.82) is 0 Å². The van der Waals surface area contributed by atoms with Gasteiger partial charge in [0.25, 0.3) is 0 Å². The Labute approximate surface area is 234 Å². The summed E-state index contributed by atoms with van der Waals surface area (Å²) in [5.74, 6) is 0.0156. The molecule has 3 heterocycles. The highest BCUT2D eigenvalue weighted by atomic mass is 32.1. The maximum atomic E-state index is 11.0. The summed E-state index contributed by atoms with van der Waals surface area (Å²) in [7, 11) is 0. The van der Waals surface area contributed by atoms with Crippen LogP contribution >= 0.6 is 24.4 Å². The Bertz CT molecular complexity index is 1630. The number of nitrogens with zero attached hydrogens (tertiary/aromatic N) is 8. The molecule has 202 valence electrons. The van der Waals surface area contributed by atoms with Crippen LogP contribution in [0.4, 0.5) is 11.4 Å². The van der Waals surface area contributed by atoms with E-state index in [9.17, 15) is 10.2 Å². The number of thiocarbonyl (C=S) groups is 2. The summed E-state index contributed by atoms with van der Waals surface area (Å²) in [6, 6.07) is 15.4. The Morgan fingerprint density at radius 2 is 1.31 bits per heavy atom. The second kappa shape index (κ2) is 11.0. The average Bonchev–Trinajstić information content (AvgIpc) is 3.33. The molecule has 0 aliphatic carbocycles. The van der Waals surface area contributed by atoms with Crippen molar-refractivity contribution in [2.75, 3.05) is 19.6 Å². The topological polar surface area (TPSA) is 158 Å². The lowest BCUT2D eigenvalue weighted by atomic mass is 10.2. The molecule has 2 aromatic heterocycles. The lowest BCUT2D eigenvalue weighted by Gasteiger charge is -2.40. The van der Waals surface area contributed by atoms with Crippen molar-refractivity contribution in [3.8, 4) is 11.8 Å². The monoisotopic (exact) mass is 564 g/mol. The van der Waals surface area contributed by atoms with Crippen molar-refractivity contribution >= 4 is 67.8 Å². The highest BCUT2D eigenvalue weighted by molar-refractivity contribution is 7.80. The lowest BCUT2D eigenvalue weighted by molar-refractivity contribution is 0.0428. The number of piperazine rings is 1. The summed E-state index contributed by atoms with van der Waals surface area (Å²) in [6.45, 7) is 5.29. The van der Waals surface area contributed by atoms with Gasteiger partial charge in [0, 0.05) is 36.4 Å². The van der Waals surface area contributed by atoms with Crippen LogP contribution in [-0.4, -0.2) is 65.0 Å². The van der Waals surface area contributed by atoms with E-state index >= 15 is 0 Å². The minimum atomic E-state index is -0.101. The Morgan fingerprint density at radius 1 is 0.821 bits per heavy atom. The number of fused-ring (bicyclic) bond motifs is 2. The SMILES string of the molecule is CC1CN(Cn2c(O)c(N=NC(N)=S)c3ccccc32)CCN1Cn1c(O)c(N=NC(N)=S)c2ccccc21. The van der Waals surface area contributed by atoms with Crippen LogP contribution in [0.5, 0.6) is 11.8 Å². The molecule has 4 aromatic rings. The van der Waals surface area contributed by atoms with Gasteiger partial charge in [-0.05, 0) is 43.5 Å². The largest absolute Gasteiger partial charge is 0.493 e. The zero-order chi connectivity index (χ0) is 27.7. The zero-order valence-corrected chi connectivity index (χ0v) is 22.8. The predicted octanol–water partition coefficient (Wildman–Crippen LogP) is 4.28. The highest BCUT2D eigenvalue weighted by Crippen LogP contribution is 2.40. The number of aromatic nitrogens is 2. The standard InChI is InChI=1S/C25H28N10O2S2/c1-15-12-32(13-34-18-8-4-2-6-16(18)20(22(34)36)28-30-24(26)38)10-11-33(15)14-35-19-9-5-3-7-17(19)21(23(35)37)29-31-25(27)39/h2-9,15,36-37H,10-14H2,1H3,(H2,26,38)(H2,27,39). The van der Waals surface area contributed by atoms with E-state index in [2.05, 4.69) is 37.2 Å². The molecule has 12 nitrogen and oxygen atoms in total. The van der Waals surface area contributed by atoms with Crippen LogP contribution in [0.1, 0.15) is 6.92 Å². The highest BCUT2D eigenvalue weighted by Gasteiger charge is 2.27. The van der Waals surface area contributed by atoms with Gasteiger partial charge in [-0.15, -0.1) is 20.5 Å². The molecule has 2 aromatic carbocycles. The second-order valence-corrected chi connectivity index (χ2v) is 10.2. The fourth-order valence-electron chi connectivity index (χ4n) is 5.02. The molecule has 0 spiro atoms. The van der Waals surface area contributed by atoms with E-state index in [1.54, 1.807) is 0 Å². The van der Waals surface area contributed by atoms with Gasteiger partial charge in [0.2, 0.25) is 22.0 Å². The van der Waals surface area contributed by atoms with Crippen LogP contribution in [0.3, 0.4) is 0 Å². The third-order valence-electron chi connectivity index (χ3n) is 6.85. The average molecular weight is 565 g/mol. The summed E-state index contributed by atoms with van der Waals surface area (Å²) >= 11 is 9.62. The summed E-state index contributed by atoms with van der Waals surface area (Å²) in [5, 5.41) is 39.1. The quantitative estimate of drug-likeness (QED) is 0.199. The number of hydrogen-bond acceptors (Lipinski definition) is 8. The number of rotatable bonds is 6. The molecular weight excluding hydrogens is 536 g/mol. The van der Waals surface area contributed by atoms with Crippen molar-refractivity contribution in [2.45, 2.75) is 26.3 Å². The number of azo groups is 2. The van der Waals surface area contributed by atoms with Gasteiger partial charge < -0.3 is 21.7 Å². The molecule has 0 saturated carbocycles. The molecule has 39 heavy (non-hydrogen) atoms. The first kappa shape index (κ1) is 26.6. The van der Waals surface area contributed by atoms with E-state index in [0.29, 0.717) is 24.7 Å². The first-order valence-corrected chi connectivity index (χ1v) is 13.1. The van der Waals surface area contributed by atoms with Crippen molar-refractivity contribution < 1.29 is 10.2 Å². The summed E-state index contributed by atoms with van der Waals surface area (Å²) in [4.78, 5) is 4.55. The molecule has 1 aliphatic heterocycles. The number of aromatic hydroxyl groups is 2. The van der Waals surface area contributed by atoms with Crippen LogP contribution in [0.15, 0.2) is 69.0 Å². The lowest BCUT2D eigenvalue weighted by Crippen LogP contribution is -2.52. The van der Waals surface area contributed by atoms with Crippen molar-refractivity contribution in [2.24, 2.45) is 31.9 Å². The molecule has 1 unspecified atom stereocenters. The van der Waals surface area contributed by atoms with Crippen LogP contribution in [-0.2, 0) is 13.3 Å². The van der Waals surface area contributed by atoms with Crippen LogP contribution < -0.4 is 11.5 Å². The van der Waals surface area contributed by atoms with Gasteiger partial charge in [0.1, 0.15) is 0 Å². The van der Waals surface area contributed by atoms with E-state index < -0.39 is 0 Å². The molecular formula is C25H28N10O2S2. The Kier molecular flexibility index (Phi) is 7.52. The van der Waals surface area contributed by atoms with E-state index in [-0.39, 0.29) is 28.0 Å². The van der Waals surface area contributed by atoms with Gasteiger partial charge in [-0.1, -0.05) is 36.4 Å². The van der Waals surface area contributed by atoms with Gasteiger partial charge in [-0.3, -0.25) is 18.9 Å². The fraction of sp³-hybridized carbons (Fsp3) is 0.280. The van der Waals surface area contributed by atoms with Crippen LogP contribution in [0.25, 0.3) is 21.8 Å². The van der Waals surface area contributed by atoms with Gasteiger partial charge in [0.05, 0.1) is 24.4 Å². The van der Waals surface area contributed by atoms with E-state index in [4.69, 9.17) is 35.9 Å². The minimum Gasteiger partial charge on any atom is -0.493 e. The van der Waals surface area contributed by atoms with E-state index in [0.717, 1.165) is 41.4 Å². The second-order valence-electron chi connectivity index (χ2n) is 9.33. The molecule has 0 bridgehead atoms. The Balaban J connectivity index is 1.35. The van der Waals surface area contributed by atoms with Crippen molar-refractivity contribution in [3.63, 3.8) is 0 Å². The number of benzene rings is 2. The Hall–Kier alpha value is -3.98. The van der Waals surface area contributed by atoms with Crippen LogP contribution in [0.2, 0.25) is 0 Å². The maximum absolute atomic E-state index is 11.0. The molecule has 0 radical (unpaired) electrons. The minimum absolute atomic E-state index is 0.00761. The maximum Gasteiger partial charge on any atom is 0.221 e. The summed E-state index contributed by atoms with van der Waals surface area (Å²) in [6.07, 6.45) is 0. The zero-order valence-electron chi connectivity index (χ0n) is 21.2. The van der Waals surface area contributed by atoms with Gasteiger partial charge in [-0.2, -0.15) is 0 Å². The van der Waals surface area contributed by atoms with Gasteiger partial charge in [0.15, 0.2) is 11.4 Å². The molecule has 5 rings (SSSR count). The summed E-state index contributed by atoms with van der Waals surface area (Å²) < 4.78 is 3.63. The first-order chi connectivity index (χ1) is 18.7. The van der Waals surface area contributed by atoms with Crippen molar-refractivity contribution in [1.82, 2.24) is 18.9 Å². The molecule has 1 saturated heterocycles. The molecule has 6 N–H and O–H groups in total. The third kappa shape index (κ3) is 5.31. The smallest absolute Gasteiger partial charge is 0.221 e. The molecule has 1 atom stereocenters. The van der Waals surface area contributed by atoms with Gasteiger partial charge in [-0.25, -0.2) is 0 Å². The van der Waals surface area contributed by atoms with Crippen LogP contribution in [0, 0.1) is 0 Å². The molecule has 14 heteroatoms. The van der Waals surface area contributed by atoms with Crippen molar-refractivity contribution in [3.05, 3.63) is 48.5 Å². The molecule has 1 aliphatic rings. The summed E-state index contributed by atoms with van der Waals surface area (Å²) in [5.41, 5.74) is 13.3. The normalized spacial score (nSPS) is 17.2. The number of hydrogen-bond donors (Lipinski definition) is 4. The molecule has 1 fully saturated rings. The van der Waals surface area contributed by atoms with E-state index in [1.807, 2.05) is 57.7 Å². The number of para-hydroxylation sites is 2. The number of nitrogens with two attached hydrogens (primary N) is 2. The molecule has 0 amide bonds. The Morgan fingerprint density at radius 3 is 1.79 bits per heavy atom. The predicted molar refractivity (Wildman–Crippen MR) is 158 cm³/mol. The fourth-order valence-corrected chi connectivity index (χ4v) is 5.10. The third-order valence-corrected chi connectivity index (χ3v) is 7.01.